The molecule has 0 spiro atoms. The Morgan fingerprint density at radius 2 is 1.86 bits per heavy atom. The Morgan fingerprint density at radius 1 is 1.27 bits per heavy atom. The van der Waals surface area contributed by atoms with Gasteiger partial charge in [-0.05, 0) is 29.8 Å². The number of nitrogens with zero attached hydrogens (tertiary/aromatic N) is 1. The quantitative estimate of drug-likeness (QED) is 0.478. The zero-order chi connectivity index (χ0) is 16.8. The van der Waals surface area contributed by atoms with Gasteiger partial charge in [-0.3, -0.25) is 4.79 Å². The summed E-state index contributed by atoms with van der Waals surface area (Å²) in [6.45, 7) is 6.66. The summed E-state index contributed by atoms with van der Waals surface area (Å²) in [4.78, 5) is 22.6. The molecule has 5 nitrogen and oxygen atoms in total. The lowest BCUT2D eigenvalue weighted by atomic mass is 10.1. The standard InChI is InChI=1S/C16H20N2O3Si/c1-22(2,3)9-8-15(19)18-14-6-4-12(5-7-14)10-13(11-17)16(20)21/h4-7,10H,8-9H2,1-3H3,(H,18,19)(H,20,21). The first-order chi connectivity index (χ1) is 10.2. The SMILES string of the molecule is C[Si](C)(C)CCC(=O)Nc1ccc(C=C(C#N)C(=O)O)cc1. The maximum absolute atomic E-state index is 11.8. The smallest absolute Gasteiger partial charge is 0.346 e. The van der Waals surface area contributed by atoms with E-state index in [0.717, 1.165) is 6.04 Å². The summed E-state index contributed by atoms with van der Waals surface area (Å²) in [6, 6.07) is 9.26. The van der Waals surface area contributed by atoms with E-state index in [2.05, 4.69) is 25.0 Å². The average Bonchev–Trinajstić information content (AvgIpc) is 2.43. The number of carbonyl (C=O) groups excluding carboxylic acids is 1. The van der Waals surface area contributed by atoms with Crippen molar-refractivity contribution in [3.63, 3.8) is 0 Å². The number of amides is 1. The first-order valence-electron chi connectivity index (χ1n) is 6.96. The molecule has 0 aliphatic carbocycles. The van der Waals surface area contributed by atoms with Crippen molar-refractivity contribution in [2.24, 2.45) is 0 Å². The molecule has 0 aliphatic heterocycles. The van der Waals surface area contributed by atoms with Crippen LogP contribution >= 0.6 is 0 Å². The summed E-state index contributed by atoms with van der Waals surface area (Å²) < 4.78 is 0. The second-order valence-electron chi connectivity index (χ2n) is 6.21. The zero-order valence-electron chi connectivity index (χ0n) is 13.0. The van der Waals surface area contributed by atoms with E-state index in [1.807, 2.05) is 0 Å². The molecule has 0 saturated heterocycles. The highest BCUT2D eigenvalue weighted by Crippen LogP contribution is 2.15. The van der Waals surface area contributed by atoms with Crippen molar-refractivity contribution in [1.29, 1.82) is 5.26 Å². The lowest BCUT2D eigenvalue weighted by molar-refractivity contribution is -0.132. The number of nitrogens with one attached hydrogen (secondary N) is 1. The van der Waals surface area contributed by atoms with Crippen LogP contribution in [0.15, 0.2) is 29.8 Å². The summed E-state index contributed by atoms with van der Waals surface area (Å²) in [7, 11) is -1.23. The molecule has 0 radical (unpaired) electrons. The van der Waals surface area contributed by atoms with E-state index in [1.54, 1.807) is 30.3 Å². The third kappa shape index (κ3) is 6.37. The van der Waals surface area contributed by atoms with E-state index in [1.165, 1.54) is 6.08 Å². The molecular weight excluding hydrogens is 296 g/mol. The first-order valence-corrected chi connectivity index (χ1v) is 10.7. The molecule has 1 aromatic carbocycles. The van der Waals surface area contributed by atoms with Crippen LogP contribution in [-0.2, 0) is 9.59 Å². The molecule has 0 bridgehead atoms. The maximum atomic E-state index is 11.8. The molecule has 0 heterocycles. The Bertz CT molecular complexity index is 622. The minimum atomic E-state index is -1.26. The minimum absolute atomic E-state index is 0.0195. The molecule has 0 saturated carbocycles. The molecule has 0 unspecified atom stereocenters. The van der Waals surface area contributed by atoms with Gasteiger partial charge in [0, 0.05) is 20.2 Å². The van der Waals surface area contributed by atoms with Crippen LogP contribution in [0.4, 0.5) is 5.69 Å². The molecule has 22 heavy (non-hydrogen) atoms. The number of nitriles is 1. The van der Waals surface area contributed by atoms with Crippen molar-refractivity contribution < 1.29 is 14.7 Å². The lowest BCUT2D eigenvalue weighted by Gasteiger charge is -2.15. The molecule has 1 amide bonds. The summed E-state index contributed by atoms with van der Waals surface area (Å²) in [5.41, 5.74) is 0.928. The second-order valence-corrected chi connectivity index (χ2v) is 11.8. The van der Waals surface area contributed by atoms with Crippen molar-refractivity contribution >= 4 is 31.7 Å². The van der Waals surface area contributed by atoms with E-state index >= 15 is 0 Å². The van der Waals surface area contributed by atoms with E-state index in [4.69, 9.17) is 10.4 Å². The zero-order valence-corrected chi connectivity index (χ0v) is 14.0. The Kier molecular flexibility index (Phi) is 6.07. The predicted molar refractivity (Wildman–Crippen MR) is 89.1 cm³/mol. The van der Waals surface area contributed by atoms with Crippen LogP contribution in [0.25, 0.3) is 6.08 Å². The topological polar surface area (TPSA) is 90.2 Å². The van der Waals surface area contributed by atoms with Crippen LogP contribution in [0.3, 0.4) is 0 Å². The number of carbonyl (C=O) groups is 2. The number of aliphatic carboxylic acids is 1. The fourth-order valence-electron chi connectivity index (χ4n) is 1.68. The van der Waals surface area contributed by atoms with Gasteiger partial charge < -0.3 is 10.4 Å². The van der Waals surface area contributed by atoms with Gasteiger partial charge in [-0.15, -0.1) is 0 Å². The Balaban J connectivity index is 2.68. The number of carboxylic acids is 1. The molecule has 116 valence electrons. The predicted octanol–water partition coefficient (Wildman–Crippen LogP) is 3.34. The van der Waals surface area contributed by atoms with Crippen molar-refractivity contribution in [3.8, 4) is 6.07 Å². The van der Waals surface area contributed by atoms with Crippen LogP contribution in [0.1, 0.15) is 12.0 Å². The summed E-state index contributed by atoms with van der Waals surface area (Å²) in [6.07, 6.45) is 1.80. The molecular formula is C16H20N2O3Si. The molecule has 1 aromatic rings. The normalized spacial score (nSPS) is 11.6. The first kappa shape index (κ1) is 17.7. The highest BCUT2D eigenvalue weighted by molar-refractivity contribution is 6.76. The monoisotopic (exact) mass is 316 g/mol. The summed E-state index contributed by atoms with van der Waals surface area (Å²) in [5.74, 6) is -1.28. The number of anilines is 1. The Morgan fingerprint density at radius 3 is 2.32 bits per heavy atom. The molecule has 0 aliphatic rings. The molecule has 2 N–H and O–H groups in total. The van der Waals surface area contributed by atoms with Crippen molar-refractivity contribution in [3.05, 3.63) is 35.4 Å². The van der Waals surface area contributed by atoms with Crippen LogP contribution in [0.2, 0.25) is 25.7 Å². The van der Waals surface area contributed by atoms with Gasteiger partial charge in [0.25, 0.3) is 0 Å². The number of benzene rings is 1. The molecule has 6 heteroatoms. The van der Waals surface area contributed by atoms with E-state index in [-0.39, 0.29) is 11.5 Å². The average molecular weight is 316 g/mol. The third-order valence-electron chi connectivity index (χ3n) is 2.96. The third-order valence-corrected chi connectivity index (χ3v) is 4.71. The molecule has 0 atom stereocenters. The van der Waals surface area contributed by atoms with Gasteiger partial charge in [0.15, 0.2) is 0 Å². The van der Waals surface area contributed by atoms with Crippen molar-refractivity contribution in [2.45, 2.75) is 32.1 Å². The van der Waals surface area contributed by atoms with Gasteiger partial charge >= 0.3 is 5.97 Å². The van der Waals surface area contributed by atoms with Gasteiger partial charge in [-0.25, -0.2) is 4.79 Å². The second kappa shape index (κ2) is 7.57. The largest absolute Gasteiger partial charge is 0.477 e. The van der Waals surface area contributed by atoms with Crippen LogP contribution in [-0.4, -0.2) is 25.1 Å². The molecule has 1 rings (SSSR count). The Labute approximate surface area is 131 Å². The number of carboxylic acid groups (broad SMARTS) is 1. The maximum Gasteiger partial charge on any atom is 0.346 e. The molecule has 0 aromatic heterocycles. The fourth-order valence-corrected chi connectivity index (χ4v) is 2.66. The van der Waals surface area contributed by atoms with Gasteiger partial charge in [-0.2, -0.15) is 5.26 Å². The number of rotatable bonds is 6. The van der Waals surface area contributed by atoms with Gasteiger partial charge in [0.1, 0.15) is 11.6 Å². The van der Waals surface area contributed by atoms with Crippen LogP contribution in [0.5, 0.6) is 0 Å². The van der Waals surface area contributed by atoms with Crippen molar-refractivity contribution in [1.82, 2.24) is 0 Å². The van der Waals surface area contributed by atoms with Gasteiger partial charge in [-0.1, -0.05) is 31.8 Å². The highest BCUT2D eigenvalue weighted by atomic mass is 28.3. The van der Waals surface area contributed by atoms with Crippen molar-refractivity contribution in [2.75, 3.05) is 5.32 Å². The van der Waals surface area contributed by atoms with Crippen LogP contribution in [0, 0.1) is 11.3 Å². The van der Waals surface area contributed by atoms with E-state index in [9.17, 15) is 9.59 Å². The lowest BCUT2D eigenvalue weighted by Crippen LogP contribution is -2.22. The summed E-state index contributed by atoms with van der Waals surface area (Å²) >= 11 is 0. The summed E-state index contributed by atoms with van der Waals surface area (Å²) in [5, 5.41) is 20.3. The van der Waals surface area contributed by atoms with E-state index < -0.39 is 14.0 Å². The number of hydrogen-bond acceptors (Lipinski definition) is 3. The van der Waals surface area contributed by atoms with Crippen LogP contribution < -0.4 is 5.32 Å². The Hall–Kier alpha value is -2.39. The number of hydrogen-bond donors (Lipinski definition) is 2. The molecule has 0 fully saturated rings. The fraction of sp³-hybridized carbons (Fsp3) is 0.312. The van der Waals surface area contributed by atoms with Gasteiger partial charge in [0.2, 0.25) is 5.91 Å². The van der Waals surface area contributed by atoms with E-state index in [0.29, 0.717) is 17.7 Å². The van der Waals surface area contributed by atoms with Gasteiger partial charge in [0.05, 0.1) is 0 Å². The minimum Gasteiger partial charge on any atom is -0.477 e. The highest BCUT2D eigenvalue weighted by Gasteiger charge is 2.15.